The summed E-state index contributed by atoms with van der Waals surface area (Å²) < 4.78 is 0. The molecule has 1 aromatic rings. The fraction of sp³-hybridized carbons (Fsp3) is 0.647. The molecule has 2 aliphatic rings. The number of rotatable bonds is 3. The fourth-order valence-corrected chi connectivity index (χ4v) is 3.84. The van der Waals surface area contributed by atoms with Gasteiger partial charge in [0.15, 0.2) is 0 Å². The number of aryl methyl sites for hydroxylation is 1. The first-order valence-electron chi connectivity index (χ1n) is 8.21. The molecule has 0 spiro atoms. The van der Waals surface area contributed by atoms with Crippen LogP contribution in [0.15, 0.2) is 6.07 Å². The summed E-state index contributed by atoms with van der Waals surface area (Å²) in [5.41, 5.74) is 3.85. The van der Waals surface area contributed by atoms with E-state index in [9.17, 15) is 5.11 Å². The van der Waals surface area contributed by atoms with Gasteiger partial charge in [0, 0.05) is 38.3 Å². The fourth-order valence-electron chi connectivity index (χ4n) is 3.59. The minimum Gasteiger partial charge on any atom is -0.506 e. The highest BCUT2D eigenvalue weighted by Gasteiger charge is 2.19. The van der Waals surface area contributed by atoms with Crippen LogP contribution in [0, 0.1) is 0 Å². The van der Waals surface area contributed by atoms with Crippen LogP contribution in [-0.4, -0.2) is 42.7 Å². The molecule has 3 rings (SSSR count). The van der Waals surface area contributed by atoms with E-state index in [0.29, 0.717) is 10.8 Å². The second-order valence-electron chi connectivity index (χ2n) is 6.23. The van der Waals surface area contributed by atoms with Crippen molar-refractivity contribution in [2.45, 2.75) is 38.5 Å². The van der Waals surface area contributed by atoms with Crippen LogP contribution in [0.4, 0.5) is 0 Å². The van der Waals surface area contributed by atoms with Crippen LogP contribution >= 0.6 is 11.6 Å². The van der Waals surface area contributed by atoms with Gasteiger partial charge in [-0.3, -0.25) is 0 Å². The number of halogens is 1. The van der Waals surface area contributed by atoms with Crippen molar-refractivity contribution in [3.8, 4) is 5.75 Å². The van der Waals surface area contributed by atoms with Crippen molar-refractivity contribution in [3.63, 3.8) is 0 Å². The number of hydrogen-bond donors (Lipinski definition) is 2. The van der Waals surface area contributed by atoms with Crippen LogP contribution in [0.2, 0.25) is 5.02 Å². The number of hydrogen-bond acceptors (Lipinski definition) is 3. The first-order chi connectivity index (χ1) is 10.3. The van der Waals surface area contributed by atoms with E-state index in [0.717, 1.165) is 57.5 Å². The molecule has 0 radical (unpaired) electrons. The number of phenols is 1. The van der Waals surface area contributed by atoms with Gasteiger partial charge in [0.05, 0.1) is 5.02 Å². The zero-order chi connectivity index (χ0) is 14.7. The minimum absolute atomic E-state index is 0.326. The molecular weight excluding hydrogens is 284 g/mol. The molecule has 1 heterocycles. The van der Waals surface area contributed by atoms with Crippen molar-refractivity contribution in [2.24, 2.45) is 0 Å². The first kappa shape index (κ1) is 15.1. The van der Waals surface area contributed by atoms with E-state index in [4.69, 9.17) is 11.6 Å². The molecule has 0 aromatic heterocycles. The van der Waals surface area contributed by atoms with Gasteiger partial charge in [-0.25, -0.2) is 0 Å². The predicted molar refractivity (Wildman–Crippen MR) is 87.4 cm³/mol. The molecule has 0 unspecified atom stereocenters. The lowest BCUT2D eigenvalue weighted by Crippen LogP contribution is -2.44. The van der Waals surface area contributed by atoms with Crippen molar-refractivity contribution in [3.05, 3.63) is 27.8 Å². The molecule has 4 heteroatoms. The first-order valence-corrected chi connectivity index (χ1v) is 8.58. The van der Waals surface area contributed by atoms with Gasteiger partial charge in [0.25, 0.3) is 0 Å². The maximum atomic E-state index is 10.4. The van der Waals surface area contributed by atoms with Gasteiger partial charge in [0.1, 0.15) is 5.75 Å². The van der Waals surface area contributed by atoms with Gasteiger partial charge in [-0.2, -0.15) is 0 Å². The van der Waals surface area contributed by atoms with E-state index in [-0.39, 0.29) is 0 Å². The van der Waals surface area contributed by atoms with Crippen LogP contribution in [0.3, 0.4) is 0 Å². The van der Waals surface area contributed by atoms with Gasteiger partial charge < -0.3 is 15.3 Å². The maximum absolute atomic E-state index is 10.4. The monoisotopic (exact) mass is 308 g/mol. The highest BCUT2D eigenvalue weighted by molar-refractivity contribution is 6.32. The maximum Gasteiger partial charge on any atom is 0.137 e. The molecular formula is C17H25ClN2O. The third kappa shape index (κ3) is 3.53. The Kier molecular flexibility index (Phi) is 5.04. The van der Waals surface area contributed by atoms with Gasteiger partial charge in [-0.1, -0.05) is 18.0 Å². The molecule has 1 aliphatic heterocycles. The summed E-state index contributed by atoms with van der Waals surface area (Å²) in [6.07, 6.45) is 6.87. The number of aromatic hydroxyl groups is 1. The number of nitrogens with one attached hydrogen (secondary N) is 1. The lowest BCUT2D eigenvalue weighted by atomic mass is 9.94. The molecule has 2 N–H and O–H groups in total. The van der Waals surface area contributed by atoms with Crippen molar-refractivity contribution < 1.29 is 5.11 Å². The Hall–Kier alpha value is -0.770. The van der Waals surface area contributed by atoms with E-state index >= 15 is 0 Å². The number of piperazine rings is 1. The minimum atomic E-state index is 0.326. The SMILES string of the molecule is Oc1c(Cl)cc2c(c1CCN1CCNCC1)CCCCC2. The third-order valence-corrected chi connectivity index (χ3v) is 5.11. The molecule has 0 amide bonds. The summed E-state index contributed by atoms with van der Waals surface area (Å²) in [7, 11) is 0. The summed E-state index contributed by atoms with van der Waals surface area (Å²) >= 11 is 6.25. The average molecular weight is 309 g/mol. The Balaban J connectivity index is 1.80. The second kappa shape index (κ2) is 6.99. The Bertz CT molecular complexity index is 498. The smallest absolute Gasteiger partial charge is 0.137 e. The normalized spacial score (nSPS) is 20.0. The standard InChI is InChI=1S/C17H25ClN2O/c18-16-12-13-4-2-1-3-5-14(13)15(17(16)21)6-9-20-10-7-19-8-11-20/h12,19,21H,1-11H2. The van der Waals surface area contributed by atoms with Crippen LogP contribution in [0.25, 0.3) is 0 Å². The molecule has 0 atom stereocenters. The zero-order valence-electron chi connectivity index (χ0n) is 12.6. The molecule has 1 aliphatic carbocycles. The molecule has 116 valence electrons. The van der Waals surface area contributed by atoms with E-state index in [1.165, 1.54) is 30.4 Å². The molecule has 1 aromatic carbocycles. The van der Waals surface area contributed by atoms with Gasteiger partial charge in [0.2, 0.25) is 0 Å². The summed E-state index contributed by atoms with van der Waals surface area (Å²) in [6.45, 7) is 5.36. The summed E-state index contributed by atoms with van der Waals surface area (Å²) in [6, 6.07) is 1.99. The van der Waals surface area contributed by atoms with Crippen LogP contribution in [0.1, 0.15) is 36.0 Å². The Morgan fingerprint density at radius 2 is 1.90 bits per heavy atom. The molecule has 1 fully saturated rings. The lowest BCUT2D eigenvalue weighted by Gasteiger charge is -2.27. The second-order valence-corrected chi connectivity index (χ2v) is 6.63. The molecule has 0 bridgehead atoms. The van der Waals surface area contributed by atoms with Crippen LogP contribution < -0.4 is 5.32 Å². The summed E-state index contributed by atoms with van der Waals surface area (Å²) in [4.78, 5) is 2.47. The highest BCUT2D eigenvalue weighted by atomic mass is 35.5. The summed E-state index contributed by atoms with van der Waals surface area (Å²) in [5, 5.41) is 14.3. The Morgan fingerprint density at radius 1 is 1.14 bits per heavy atom. The Morgan fingerprint density at radius 3 is 2.71 bits per heavy atom. The third-order valence-electron chi connectivity index (χ3n) is 4.83. The Labute approximate surface area is 132 Å². The molecule has 0 saturated carbocycles. The van der Waals surface area contributed by atoms with Crippen molar-refractivity contribution in [1.29, 1.82) is 0 Å². The quantitative estimate of drug-likeness (QED) is 0.843. The molecule has 3 nitrogen and oxygen atoms in total. The number of phenolic OH excluding ortho intramolecular Hbond substituents is 1. The number of nitrogens with zero attached hydrogens (tertiary/aromatic N) is 1. The van der Waals surface area contributed by atoms with Gasteiger partial charge in [-0.15, -0.1) is 0 Å². The highest BCUT2D eigenvalue weighted by Crippen LogP contribution is 2.36. The van der Waals surface area contributed by atoms with E-state index in [1.54, 1.807) is 0 Å². The lowest BCUT2D eigenvalue weighted by molar-refractivity contribution is 0.243. The van der Waals surface area contributed by atoms with Crippen molar-refractivity contribution in [2.75, 3.05) is 32.7 Å². The topological polar surface area (TPSA) is 35.5 Å². The molecule has 21 heavy (non-hydrogen) atoms. The van der Waals surface area contributed by atoms with Crippen molar-refractivity contribution in [1.82, 2.24) is 10.2 Å². The van der Waals surface area contributed by atoms with E-state index in [1.807, 2.05) is 6.07 Å². The van der Waals surface area contributed by atoms with E-state index in [2.05, 4.69) is 10.2 Å². The van der Waals surface area contributed by atoms with Gasteiger partial charge in [-0.05, 0) is 49.3 Å². The van der Waals surface area contributed by atoms with Gasteiger partial charge >= 0.3 is 0 Å². The average Bonchev–Trinajstić information content (AvgIpc) is 2.74. The van der Waals surface area contributed by atoms with Crippen LogP contribution in [0.5, 0.6) is 5.75 Å². The summed E-state index contributed by atoms with van der Waals surface area (Å²) in [5.74, 6) is 0.326. The number of benzene rings is 1. The van der Waals surface area contributed by atoms with Crippen LogP contribution in [-0.2, 0) is 19.3 Å². The predicted octanol–water partition coefficient (Wildman–Crippen LogP) is 2.76. The zero-order valence-corrected chi connectivity index (χ0v) is 13.4. The largest absolute Gasteiger partial charge is 0.506 e. The van der Waals surface area contributed by atoms with E-state index < -0.39 is 0 Å². The number of fused-ring (bicyclic) bond motifs is 1. The molecule has 1 saturated heterocycles. The van der Waals surface area contributed by atoms with Crippen molar-refractivity contribution >= 4 is 11.6 Å².